The summed E-state index contributed by atoms with van der Waals surface area (Å²) in [5, 5.41) is 2.07. The molecule has 0 aliphatic rings. The summed E-state index contributed by atoms with van der Waals surface area (Å²) in [6.07, 6.45) is 1.67. The number of benzene rings is 1. The molecule has 0 aliphatic carbocycles. The molecule has 1 aromatic carbocycles. The average Bonchev–Trinajstić information content (AvgIpc) is 3.34. The number of furan rings is 1. The first-order chi connectivity index (χ1) is 12.7. The molecule has 2 heterocycles. The third-order valence-electron chi connectivity index (χ3n) is 4.23. The van der Waals surface area contributed by atoms with Crippen molar-refractivity contribution in [2.24, 2.45) is 0 Å². The molecule has 0 saturated heterocycles. The van der Waals surface area contributed by atoms with Gasteiger partial charge in [0.15, 0.2) is 0 Å². The molecule has 1 amide bonds. The fourth-order valence-electron chi connectivity index (χ4n) is 2.88. The second-order valence-corrected chi connectivity index (χ2v) is 7.23. The van der Waals surface area contributed by atoms with E-state index in [1.54, 1.807) is 17.6 Å². The number of carbonyl (C=O) groups excluding carboxylic acids is 1. The topological polar surface area (TPSA) is 36.7 Å². The number of hydrogen-bond acceptors (Lipinski definition) is 4. The molecule has 0 saturated carbocycles. The number of nitrogens with zero attached hydrogens (tertiary/aromatic N) is 2. The second kappa shape index (κ2) is 9.36. The van der Waals surface area contributed by atoms with Crippen LogP contribution in [0.25, 0.3) is 0 Å². The van der Waals surface area contributed by atoms with Gasteiger partial charge in [-0.25, -0.2) is 0 Å². The molecule has 0 bridgehead atoms. The van der Waals surface area contributed by atoms with Crippen LogP contribution < -0.4 is 0 Å². The van der Waals surface area contributed by atoms with Crippen LogP contribution in [0.15, 0.2) is 70.7 Å². The molecule has 0 fully saturated rings. The molecule has 26 heavy (non-hydrogen) atoms. The molecule has 2 aromatic heterocycles. The van der Waals surface area contributed by atoms with Gasteiger partial charge < -0.3 is 9.32 Å². The van der Waals surface area contributed by atoms with Gasteiger partial charge in [0.1, 0.15) is 5.76 Å². The van der Waals surface area contributed by atoms with Crippen LogP contribution in [0, 0.1) is 0 Å². The summed E-state index contributed by atoms with van der Waals surface area (Å²) in [6.45, 7) is 5.11. The molecule has 5 heteroatoms. The van der Waals surface area contributed by atoms with E-state index in [4.69, 9.17) is 4.42 Å². The fraction of sp³-hybridized carbons (Fsp3) is 0.286. The molecule has 0 aliphatic heterocycles. The Morgan fingerprint density at radius 3 is 2.50 bits per heavy atom. The molecule has 3 aromatic rings. The minimum absolute atomic E-state index is 0.138. The van der Waals surface area contributed by atoms with Gasteiger partial charge in [-0.05, 0) is 36.1 Å². The number of amides is 1. The number of carbonyl (C=O) groups is 1. The van der Waals surface area contributed by atoms with Crippen molar-refractivity contribution in [2.45, 2.75) is 26.6 Å². The summed E-state index contributed by atoms with van der Waals surface area (Å²) in [5.74, 6) is 1.01. The zero-order valence-electron chi connectivity index (χ0n) is 15.0. The third kappa shape index (κ3) is 5.31. The van der Waals surface area contributed by atoms with E-state index in [0.717, 1.165) is 17.9 Å². The Morgan fingerprint density at radius 1 is 1.00 bits per heavy atom. The number of likely N-dealkylation sites (N-methyl/N-ethyl adjacent to an activating group) is 1. The Kier molecular flexibility index (Phi) is 6.63. The van der Waals surface area contributed by atoms with Gasteiger partial charge >= 0.3 is 0 Å². The van der Waals surface area contributed by atoms with E-state index in [2.05, 4.69) is 28.5 Å². The Bertz CT molecular complexity index is 733. The van der Waals surface area contributed by atoms with Gasteiger partial charge in [0.05, 0.1) is 19.4 Å². The molecule has 3 rings (SSSR count). The van der Waals surface area contributed by atoms with Crippen molar-refractivity contribution in [3.8, 4) is 0 Å². The maximum atomic E-state index is 12.9. The quantitative estimate of drug-likeness (QED) is 0.562. The smallest absolute Gasteiger partial charge is 0.237 e. The average molecular weight is 369 g/mol. The first-order valence-electron chi connectivity index (χ1n) is 8.83. The van der Waals surface area contributed by atoms with E-state index in [1.165, 1.54) is 4.88 Å². The van der Waals surface area contributed by atoms with Gasteiger partial charge in [-0.15, -0.1) is 11.3 Å². The van der Waals surface area contributed by atoms with Crippen molar-refractivity contribution in [2.75, 3.05) is 13.1 Å². The van der Waals surface area contributed by atoms with Crippen molar-refractivity contribution in [1.82, 2.24) is 9.80 Å². The second-order valence-electron chi connectivity index (χ2n) is 6.20. The SMILES string of the molecule is CCN(Cc1ccccc1)C(=O)CN(Cc1ccco1)Cc1cccs1. The molecule has 0 unspecified atom stereocenters. The van der Waals surface area contributed by atoms with Gasteiger partial charge in [-0.1, -0.05) is 36.4 Å². The standard InChI is InChI=1S/C21H24N2O2S/c1-2-23(14-18-8-4-3-5-9-18)21(24)17-22(15-19-10-6-12-25-19)16-20-11-7-13-26-20/h3-13H,2,14-17H2,1H3. The first-order valence-corrected chi connectivity index (χ1v) is 9.71. The van der Waals surface area contributed by atoms with Crippen LogP contribution in [0.4, 0.5) is 0 Å². The van der Waals surface area contributed by atoms with Crippen molar-refractivity contribution >= 4 is 17.2 Å². The van der Waals surface area contributed by atoms with Gasteiger partial charge in [-0.2, -0.15) is 0 Å². The van der Waals surface area contributed by atoms with E-state index in [9.17, 15) is 4.79 Å². The summed E-state index contributed by atoms with van der Waals surface area (Å²) in [5.41, 5.74) is 1.15. The minimum atomic E-state index is 0.138. The molecular weight excluding hydrogens is 344 g/mol. The molecule has 0 N–H and O–H groups in total. The summed E-state index contributed by atoms with van der Waals surface area (Å²) < 4.78 is 5.48. The summed E-state index contributed by atoms with van der Waals surface area (Å²) >= 11 is 1.71. The summed E-state index contributed by atoms with van der Waals surface area (Å²) in [7, 11) is 0. The Morgan fingerprint density at radius 2 is 1.85 bits per heavy atom. The van der Waals surface area contributed by atoms with Crippen LogP contribution in [0.1, 0.15) is 23.1 Å². The van der Waals surface area contributed by atoms with Crippen LogP contribution in [0.2, 0.25) is 0 Å². The zero-order valence-corrected chi connectivity index (χ0v) is 15.8. The van der Waals surface area contributed by atoms with Crippen molar-refractivity contribution in [3.05, 3.63) is 82.4 Å². The van der Waals surface area contributed by atoms with Gasteiger partial charge in [0, 0.05) is 24.5 Å². The lowest BCUT2D eigenvalue weighted by molar-refractivity contribution is -0.133. The van der Waals surface area contributed by atoms with E-state index >= 15 is 0 Å². The highest BCUT2D eigenvalue weighted by atomic mass is 32.1. The molecule has 0 atom stereocenters. The van der Waals surface area contributed by atoms with E-state index < -0.39 is 0 Å². The lowest BCUT2D eigenvalue weighted by Crippen LogP contribution is -2.39. The van der Waals surface area contributed by atoms with Crippen LogP contribution >= 0.6 is 11.3 Å². The van der Waals surface area contributed by atoms with Crippen LogP contribution in [0.5, 0.6) is 0 Å². The maximum Gasteiger partial charge on any atom is 0.237 e. The third-order valence-corrected chi connectivity index (χ3v) is 5.09. The van der Waals surface area contributed by atoms with Crippen molar-refractivity contribution in [3.63, 3.8) is 0 Å². The van der Waals surface area contributed by atoms with E-state index in [-0.39, 0.29) is 5.91 Å². The first kappa shape index (κ1) is 18.4. The maximum absolute atomic E-state index is 12.9. The Hall–Kier alpha value is -2.37. The largest absolute Gasteiger partial charge is 0.468 e. The fourth-order valence-corrected chi connectivity index (χ4v) is 3.63. The Labute approximate surface area is 158 Å². The van der Waals surface area contributed by atoms with Crippen LogP contribution in [-0.2, 0) is 24.4 Å². The Balaban J connectivity index is 1.66. The minimum Gasteiger partial charge on any atom is -0.468 e. The van der Waals surface area contributed by atoms with E-state index in [1.807, 2.05) is 48.2 Å². The molecule has 136 valence electrons. The van der Waals surface area contributed by atoms with Gasteiger partial charge in [0.25, 0.3) is 0 Å². The van der Waals surface area contributed by atoms with E-state index in [0.29, 0.717) is 26.2 Å². The van der Waals surface area contributed by atoms with Crippen molar-refractivity contribution < 1.29 is 9.21 Å². The van der Waals surface area contributed by atoms with Gasteiger partial charge in [0.2, 0.25) is 5.91 Å². The zero-order chi connectivity index (χ0) is 18.2. The lowest BCUT2D eigenvalue weighted by atomic mass is 10.2. The van der Waals surface area contributed by atoms with Crippen molar-refractivity contribution in [1.29, 1.82) is 0 Å². The molecule has 0 radical (unpaired) electrons. The van der Waals surface area contributed by atoms with Crippen LogP contribution in [-0.4, -0.2) is 28.8 Å². The predicted molar refractivity (Wildman–Crippen MR) is 105 cm³/mol. The predicted octanol–water partition coefficient (Wildman–Crippen LogP) is 4.39. The number of hydrogen-bond donors (Lipinski definition) is 0. The molecule has 4 nitrogen and oxygen atoms in total. The highest BCUT2D eigenvalue weighted by Crippen LogP contribution is 2.15. The molecule has 0 spiro atoms. The van der Waals surface area contributed by atoms with Gasteiger partial charge in [-0.3, -0.25) is 9.69 Å². The summed E-state index contributed by atoms with van der Waals surface area (Å²) in [6, 6.07) is 18.1. The summed E-state index contributed by atoms with van der Waals surface area (Å²) in [4.78, 5) is 18.2. The lowest BCUT2D eigenvalue weighted by Gasteiger charge is -2.26. The van der Waals surface area contributed by atoms with Crippen LogP contribution in [0.3, 0.4) is 0 Å². The highest BCUT2D eigenvalue weighted by Gasteiger charge is 2.18. The number of rotatable bonds is 9. The monoisotopic (exact) mass is 368 g/mol. The molecular formula is C21H24N2O2S. The number of thiophene rings is 1. The normalized spacial score (nSPS) is 11.0. The highest BCUT2D eigenvalue weighted by molar-refractivity contribution is 7.09.